The molecule has 1 amide bonds. The van der Waals surface area contributed by atoms with E-state index in [1.54, 1.807) is 0 Å². The summed E-state index contributed by atoms with van der Waals surface area (Å²) in [7, 11) is 0. The molecule has 1 aliphatic heterocycles. The van der Waals surface area contributed by atoms with Gasteiger partial charge >= 0.3 is 0 Å². The van der Waals surface area contributed by atoms with Crippen molar-refractivity contribution in [1.29, 1.82) is 0 Å². The molecule has 2 unspecified atom stereocenters. The molecule has 0 aliphatic carbocycles. The zero-order valence-electron chi connectivity index (χ0n) is 12.1. The van der Waals surface area contributed by atoms with Gasteiger partial charge in [-0.1, -0.05) is 0 Å². The molecule has 21 heavy (non-hydrogen) atoms. The molecule has 1 fully saturated rings. The largest absolute Gasteiger partial charge is 0.330 e. The van der Waals surface area contributed by atoms with E-state index >= 15 is 0 Å². The molecule has 1 aliphatic rings. The second-order valence-electron chi connectivity index (χ2n) is 5.63. The first-order valence-electron chi connectivity index (χ1n) is 7.18. The van der Waals surface area contributed by atoms with Crippen LogP contribution >= 0.6 is 0 Å². The predicted molar refractivity (Wildman–Crippen MR) is 77.8 cm³/mol. The van der Waals surface area contributed by atoms with Gasteiger partial charge in [0.05, 0.1) is 12.2 Å². The minimum absolute atomic E-state index is 0.125. The van der Waals surface area contributed by atoms with Gasteiger partial charge in [0.25, 0.3) is 0 Å². The molecule has 0 bridgehead atoms. The van der Waals surface area contributed by atoms with Crippen LogP contribution in [0.5, 0.6) is 0 Å². The molecule has 2 rings (SSSR count). The van der Waals surface area contributed by atoms with Crippen molar-refractivity contribution in [2.45, 2.75) is 25.8 Å². The standard InChI is InChI=1S/C15H21F2N3O/c1-10-2-3-11(7-18)8-20(10)9-15(21)19-14-6-12(16)4-5-13(14)17/h4-6,10-11H,2-3,7-9,18H2,1H3,(H,19,21). The average Bonchev–Trinajstić information content (AvgIpc) is 2.45. The molecule has 6 heteroatoms. The summed E-state index contributed by atoms with van der Waals surface area (Å²) in [5, 5.41) is 2.42. The monoisotopic (exact) mass is 297 g/mol. The predicted octanol–water partition coefficient (Wildman–Crippen LogP) is 1.96. The van der Waals surface area contributed by atoms with E-state index in [-0.39, 0.29) is 24.2 Å². The molecule has 0 radical (unpaired) electrons. The number of anilines is 1. The highest BCUT2D eigenvalue weighted by Crippen LogP contribution is 2.21. The van der Waals surface area contributed by atoms with Gasteiger partial charge in [-0.15, -0.1) is 0 Å². The number of carbonyl (C=O) groups excluding carboxylic acids is 1. The molecule has 4 nitrogen and oxygen atoms in total. The van der Waals surface area contributed by atoms with Crippen LogP contribution in [0.15, 0.2) is 18.2 Å². The summed E-state index contributed by atoms with van der Waals surface area (Å²) in [5.74, 6) is -1.18. The number of hydrogen-bond acceptors (Lipinski definition) is 3. The summed E-state index contributed by atoms with van der Waals surface area (Å²) >= 11 is 0. The summed E-state index contributed by atoms with van der Waals surface area (Å²) in [6.07, 6.45) is 2.05. The SMILES string of the molecule is CC1CCC(CN)CN1CC(=O)Nc1cc(F)ccc1F. The fraction of sp³-hybridized carbons (Fsp3) is 0.533. The fourth-order valence-electron chi connectivity index (χ4n) is 2.64. The number of rotatable bonds is 4. The van der Waals surface area contributed by atoms with Crippen LogP contribution in [0.4, 0.5) is 14.5 Å². The van der Waals surface area contributed by atoms with Crippen molar-refractivity contribution in [3.8, 4) is 0 Å². The van der Waals surface area contributed by atoms with Crippen molar-refractivity contribution in [2.75, 3.05) is 25.0 Å². The molecule has 116 valence electrons. The number of halogens is 2. The summed E-state index contributed by atoms with van der Waals surface area (Å²) in [4.78, 5) is 14.0. The van der Waals surface area contributed by atoms with Gasteiger partial charge in [-0.2, -0.15) is 0 Å². The third-order valence-corrected chi connectivity index (χ3v) is 3.99. The molecule has 0 aromatic heterocycles. The molecule has 1 heterocycles. The fourth-order valence-corrected chi connectivity index (χ4v) is 2.64. The van der Waals surface area contributed by atoms with Gasteiger partial charge < -0.3 is 11.1 Å². The van der Waals surface area contributed by atoms with Gasteiger partial charge in [0, 0.05) is 18.7 Å². The molecule has 1 saturated heterocycles. The van der Waals surface area contributed by atoms with E-state index in [2.05, 4.69) is 12.2 Å². The highest BCUT2D eigenvalue weighted by atomic mass is 19.1. The van der Waals surface area contributed by atoms with Crippen molar-refractivity contribution in [3.63, 3.8) is 0 Å². The number of hydrogen-bond donors (Lipinski definition) is 2. The Morgan fingerprint density at radius 2 is 2.19 bits per heavy atom. The van der Waals surface area contributed by atoms with Crippen LogP contribution in [0, 0.1) is 17.6 Å². The zero-order valence-corrected chi connectivity index (χ0v) is 12.1. The lowest BCUT2D eigenvalue weighted by Gasteiger charge is -2.37. The first kappa shape index (κ1) is 15.9. The molecule has 2 atom stereocenters. The van der Waals surface area contributed by atoms with Gasteiger partial charge in [-0.25, -0.2) is 8.78 Å². The number of nitrogens with two attached hydrogens (primary N) is 1. The summed E-state index contributed by atoms with van der Waals surface area (Å²) in [5.41, 5.74) is 5.56. The maximum absolute atomic E-state index is 13.5. The Kier molecular flexibility index (Phi) is 5.25. The van der Waals surface area contributed by atoms with Crippen LogP contribution in [-0.4, -0.2) is 36.5 Å². The summed E-state index contributed by atoms with van der Waals surface area (Å²) in [6, 6.07) is 3.29. The number of carbonyl (C=O) groups is 1. The van der Waals surface area contributed by atoms with E-state index in [0.29, 0.717) is 12.5 Å². The smallest absolute Gasteiger partial charge is 0.238 e. The number of nitrogens with zero attached hydrogens (tertiary/aromatic N) is 1. The molecule has 1 aromatic rings. The van der Waals surface area contributed by atoms with Crippen LogP contribution in [0.2, 0.25) is 0 Å². The van der Waals surface area contributed by atoms with Gasteiger partial charge in [0.2, 0.25) is 5.91 Å². The third-order valence-electron chi connectivity index (χ3n) is 3.99. The van der Waals surface area contributed by atoms with Crippen molar-refractivity contribution in [2.24, 2.45) is 11.7 Å². The van der Waals surface area contributed by atoms with Gasteiger partial charge in [0.1, 0.15) is 11.6 Å². The number of piperidine rings is 1. The lowest BCUT2D eigenvalue weighted by molar-refractivity contribution is -0.118. The second kappa shape index (κ2) is 6.95. The number of amides is 1. The highest BCUT2D eigenvalue weighted by Gasteiger charge is 2.26. The topological polar surface area (TPSA) is 58.4 Å². The van der Waals surface area contributed by atoms with E-state index in [1.165, 1.54) is 0 Å². The van der Waals surface area contributed by atoms with Gasteiger partial charge in [-0.3, -0.25) is 9.69 Å². The Morgan fingerprint density at radius 3 is 2.90 bits per heavy atom. The van der Waals surface area contributed by atoms with E-state index in [0.717, 1.165) is 37.6 Å². The quantitative estimate of drug-likeness (QED) is 0.893. The van der Waals surface area contributed by atoms with Crippen molar-refractivity contribution in [3.05, 3.63) is 29.8 Å². The van der Waals surface area contributed by atoms with Gasteiger partial charge in [0.15, 0.2) is 0 Å². The van der Waals surface area contributed by atoms with Crippen LogP contribution < -0.4 is 11.1 Å². The number of nitrogens with one attached hydrogen (secondary N) is 1. The minimum atomic E-state index is -0.642. The second-order valence-corrected chi connectivity index (χ2v) is 5.63. The van der Waals surface area contributed by atoms with E-state index in [1.807, 2.05) is 4.90 Å². The van der Waals surface area contributed by atoms with E-state index < -0.39 is 11.6 Å². The lowest BCUT2D eigenvalue weighted by Crippen LogP contribution is -2.47. The van der Waals surface area contributed by atoms with Crippen molar-refractivity contribution < 1.29 is 13.6 Å². The van der Waals surface area contributed by atoms with Crippen molar-refractivity contribution >= 4 is 11.6 Å². The summed E-state index contributed by atoms with van der Waals surface area (Å²) in [6.45, 7) is 3.58. The van der Waals surface area contributed by atoms with Crippen LogP contribution in [-0.2, 0) is 4.79 Å². The Balaban J connectivity index is 1.96. The Bertz CT molecular complexity index is 510. The molecule has 3 N–H and O–H groups in total. The maximum Gasteiger partial charge on any atom is 0.238 e. The van der Waals surface area contributed by atoms with Crippen LogP contribution in [0.1, 0.15) is 19.8 Å². The molecule has 1 aromatic carbocycles. The first-order chi connectivity index (χ1) is 9.99. The summed E-state index contributed by atoms with van der Waals surface area (Å²) < 4.78 is 26.6. The van der Waals surface area contributed by atoms with Crippen molar-refractivity contribution in [1.82, 2.24) is 4.90 Å². The molecular weight excluding hydrogens is 276 g/mol. The molecule has 0 saturated carbocycles. The maximum atomic E-state index is 13.5. The first-order valence-corrected chi connectivity index (χ1v) is 7.18. The normalized spacial score (nSPS) is 23.0. The van der Waals surface area contributed by atoms with Crippen LogP contribution in [0.3, 0.4) is 0 Å². The molecular formula is C15H21F2N3O. The minimum Gasteiger partial charge on any atom is -0.330 e. The zero-order chi connectivity index (χ0) is 15.4. The Labute approximate surface area is 123 Å². The lowest BCUT2D eigenvalue weighted by atomic mass is 9.93. The Hall–Kier alpha value is -1.53. The highest BCUT2D eigenvalue weighted by molar-refractivity contribution is 5.92. The van der Waals surface area contributed by atoms with E-state index in [4.69, 9.17) is 5.73 Å². The van der Waals surface area contributed by atoms with Crippen LogP contribution in [0.25, 0.3) is 0 Å². The molecule has 0 spiro atoms. The Morgan fingerprint density at radius 1 is 1.43 bits per heavy atom. The number of likely N-dealkylation sites (tertiary alicyclic amines) is 1. The van der Waals surface area contributed by atoms with Gasteiger partial charge in [-0.05, 0) is 44.4 Å². The average molecular weight is 297 g/mol. The third kappa shape index (κ3) is 4.22. The number of benzene rings is 1. The van der Waals surface area contributed by atoms with E-state index in [9.17, 15) is 13.6 Å².